The first-order chi connectivity index (χ1) is 11.6. The number of carbonyl (C=O) groups is 2. The second-order valence-electron chi connectivity index (χ2n) is 5.60. The molecule has 0 saturated carbocycles. The fourth-order valence-electron chi connectivity index (χ4n) is 2.64. The average Bonchev–Trinajstić information content (AvgIpc) is 3.09. The highest BCUT2D eigenvalue weighted by atomic mass is 79.9. The summed E-state index contributed by atoms with van der Waals surface area (Å²) in [6, 6.07) is 10.9. The number of carbonyl (C=O) groups excluding carboxylic acids is 2. The van der Waals surface area contributed by atoms with Crippen LogP contribution in [0.5, 0.6) is 0 Å². The lowest BCUT2D eigenvalue weighted by molar-refractivity contribution is -0.117. The maximum atomic E-state index is 12.2. The van der Waals surface area contributed by atoms with Gasteiger partial charge in [0.1, 0.15) is 0 Å². The van der Waals surface area contributed by atoms with Gasteiger partial charge in [0, 0.05) is 36.3 Å². The van der Waals surface area contributed by atoms with Gasteiger partial charge in [0.05, 0.1) is 12.8 Å². The summed E-state index contributed by atoms with van der Waals surface area (Å²) >= 11 is 3.38. The van der Waals surface area contributed by atoms with E-state index in [-0.39, 0.29) is 11.8 Å². The Morgan fingerprint density at radius 1 is 1.12 bits per heavy atom. The van der Waals surface area contributed by atoms with Gasteiger partial charge in [-0.15, -0.1) is 0 Å². The van der Waals surface area contributed by atoms with Crippen LogP contribution >= 0.6 is 15.9 Å². The SMILES string of the molecule is O=C(CN1CCN(C(=O)c2ccco2)CC1)Nc1cccc(Br)c1. The van der Waals surface area contributed by atoms with E-state index in [0.29, 0.717) is 38.5 Å². The summed E-state index contributed by atoms with van der Waals surface area (Å²) in [5.74, 6) is 0.202. The molecule has 0 spiro atoms. The van der Waals surface area contributed by atoms with E-state index in [2.05, 4.69) is 21.2 Å². The first-order valence-corrected chi connectivity index (χ1v) is 8.52. The quantitative estimate of drug-likeness (QED) is 0.868. The number of rotatable bonds is 4. The molecule has 2 aromatic rings. The molecule has 1 aromatic carbocycles. The van der Waals surface area contributed by atoms with Crippen LogP contribution in [0.1, 0.15) is 10.6 Å². The summed E-state index contributed by atoms with van der Waals surface area (Å²) in [5, 5.41) is 2.88. The number of amides is 2. The maximum Gasteiger partial charge on any atom is 0.289 e. The van der Waals surface area contributed by atoms with Gasteiger partial charge >= 0.3 is 0 Å². The molecule has 1 aliphatic heterocycles. The van der Waals surface area contributed by atoms with E-state index in [1.54, 1.807) is 17.0 Å². The molecule has 126 valence electrons. The minimum Gasteiger partial charge on any atom is -0.459 e. The van der Waals surface area contributed by atoms with Crippen LogP contribution in [0.3, 0.4) is 0 Å². The van der Waals surface area contributed by atoms with Crippen molar-refractivity contribution in [2.45, 2.75) is 0 Å². The van der Waals surface area contributed by atoms with Gasteiger partial charge in [0.15, 0.2) is 5.76 Å². The monoisotopic (exact) mass is 391 g/mol. The Bertz CT molecular complexity index is 710. The summed E-state index contributed by atoms with van der Waals surface area (Å²) < 4.78 is 6.06. The molecule has 1 fully saturated rings. The maximum absolute atomic E-state index is 12.2. The molecule has 1 saturated heterocycles. The molecule has 1 N–H and O–H groups in total. The summed E-state index contributed by atoms with van der Waals surface area (Å²) in [5.41, 5.74) is 0.765. The van der Waals surface area contributed by atoms with Crippen molar-refractivity contribution in [2.24, 2.45) is 0 Å². The Hall–Kier alpha value is -2.12. The lowest BCUT2D eigenvalue weighted by Crippen LogP contribution is -2.50. The van der Waals surface area contributed by atoms with Gasteiger partial charge in [-0.05, 0) is 30.3 Å². The highest BCUT2D eigenvalue weighted by Gasteiger charge is 2.24. The van der Waals surface area contributed by atoms with Crippen molar-refractivity contribution >= 4 is 33.4 Å². The van der Waals surface area contributed by atoms with Crippen molar-refractivity contribution in [3.05, 3.63) is 52.9 Å². The van der Waals surface area contributed by atoms with E-state index in [1.807, 2.05) is 29.2 Å². The molecule has 2 heterocycles. The van der Waals surface area contributed by atoms with Crippen molar-refractivity contribution in [1.82, 2.24) is 9.80 Å². The van der Waals surface area contributed by atoms with Gasteiger partial charge in [0.2, 0.25) is 5.91 Å². The third-order valence-corrected chi connectivity index (χ3v) is 4.36. The molecule has 0 bridgehead atoms. The number of furan rings is 1. The Balaban J connectivity index is 1.47. The third kappa shape index (κ3) is 4.24. The highest BCUT2D eigenvalue weighted by Crippen LogP contribution is 2.15. The number of benzene rings is 1. The minimum atomic E-state index is -0.0989. The van der Waals surface area contributed by atoms with E-state index in [1.165, 1.54) is 6.26 Å². The second kappa shape index (κ2) is 7.63. The third-order valence-electron chi connectivity index (χ3n) is 3.87. The fraction of sp³-hybridized carbons (Fsp3) is 0.294. The molecule has 0 aliphatic carbocycles. The van der Waals surface area contributed by atoms with Crippen LogP contribution in [0, 0.1) is 0 Å². The summed E-state index contributed by atoms with van der Waals surface area (Å²) in [6.45, 7) is 2.82. The predicted octanol–water partition coefficient (Wildman–Crippen LogP) is 2.44. The number of hydrogen-bond donors (Lipinski definition) is 1. The Morgan fingerprint density at radius 3 is 2.58 bits per heavy atom. The van der Waals surface area contributed by atoms with Crippen molar-refractivity contribution in [3.63, 3.8) is 0 Å². The number of anilines is 1. The van der Waals surface area contributed by atoms with Crippen LogP contribution in [0.4, 0.5) is 5.69 Å². The van der Waals surface area contributed by atoms with E-state index in [9.17, 15) is 9.59 Å². The van der Waals surface area contributed by atoms with Crippen LogP contribution in [0.25, 0.3) is 0 Å². The molecule has 0 unspecified atom stereocenters. The van der Waals surface area contributed by atoms with Gasteiger partial charge in [0.25, 0.3) is 5.91 Å². The smallest absolute Gasteiger partial charge is 0.289 e. The molecule has 1 aliphatic rings. The number of nitrogens with one attached hydrogen (secondary N) is 1. The van der Waals surface area contributed by atoms with Crippen molar-refractivity contribution in [1.29, 1.82) is 0 Å². The molecule has 3 rings (SSSR count). The molecular formula is C17H18BrN3O3. The number of hydrogen-bond acceptors (Lipinski definition) is 4. The van der Waals surface area contributed by atoms with E-state index >= 15 is 0 Å². The zero-order chi connectivity index (χ0) is 16.9. The first kappa shape index (κ1) is 16.7. The zero-order valence-electron chi connectivity index (χ0n) is 13.1. The minimum absolute atomic E-state index is 0.0566. The molecule has 0 radical (unpaired) electrons. The fourth-order valence-corrected chi connectivity index (χ4v) is 3.03. The van der Waals surface area contributed by atoms with Crippen LogP contribution in [0.15, 0.2) is 51.6 Å². The number of piperazine rings is 1. The Morgan fingerprint density at radius 2 is 1.92 bits per heavy atom. The highest BCUT2D eigenvalue weighted by molar-refractivity contribution is 9.10. The average molecular weight is 392 g/mol. The summed E-state index contributed by atoms with van der Waals surface area (Å²) in [7, 11) is 0. The predicted molar refractivity (Wildman–Crippen MR) is 93.8 cm³/mol. The van der Waals surface area contributed by atoms with Gasteiger partial charge in [-0.25, -0.2) is 0 Å². The topological polar surface area (TPSA) is 65.8 Å². The van der Waals surface area contributed by atoms with E-state index in [0.717, 1.165) is 10.2 Å². The van der Waals surface area contributed by atoms with Gasteiger partial charge in [-0.1, -0.05) is 22.0 Å². The van der Waals surface area contributed by atoms with E-state index in [4.69, 9.17) is 4.42 Å². The Labute approximate surface area is 148 Å². The van der Waals surface area contributed by atoms with Crippen LogP contribution in [0.2, 0.25) is 0 Å². The van der Waals surface area contributed by atoms with Gasteiger partial charge in [-0.3, -0.25) is 14.5 Å². The summed E-state index contributed by atoms with van der Waals surface area (Å²) in [4.78, 5) is 28.1. The van der Waals surface area contributed by atoms with Crippen LogP contribution < -0.4 is 5.32 Å². The van der Waals surface area contributed by atoms with Gasteiger partial charge < -0.3 is 14.6 Å². The standard InChI is InChI=1S/C17H18BrN3O3/c18-13-3-1-4-14(11-13)19-16(22)12-20-6-8-21(9-7-20)17(23)15-5-2-10-24-15/h1-5,10-11H,6-9,12H2,(H,19,22). The Kier molecular flexibility index (Phi) is 5.32. The normalized spacial score (nSPS) is 15.3. The van der Waals surface area contributed by atoms with Crippen molar-refractivity contribution in [3.8, 4) is 0 Å². The van der Waals surface area contributed by atoms with Gasteiger partial charge in [-0.2, -0.15) is 0 Å². The molecule has 0 atom stereocenters. The molecule has 24 heavy (non-hydrogen) atoms. The number of halogens is 1. The molecular weight excluding hydrogens is 374 g/mol. The second-order valence-corrected chi connectivity index (χ2v) is 6.52. The molecule has 2 amide bonds. The molecule has 1 aromatic heterocycles. The first-order valence-electron chi connectivity index (χ1n) is 7.72. The number of nitrogens with zero attached hydrogens (tertiary/aromatic N) is 2. The molecule has 6 nitrogen and oxygen atoms in total. The van der Waals surface area contributed by atoms with E-state index < -0.39 is 0 Å². The van der Waals surface area contributed by atoms with Crippen LogP contribution in [-0.4, -0.2) is 54.3 Å². The summed E-state index contributed by atoms with van der Waals surface area (Å²) in [6.07, 6.45) is 1.50. The van der Waals surface area contributed by atoms with Crippen molar-refractivity contribution in [2.75, 3.05) is 38.0 Å². The van der Waals surface area contributed by atoms with Crippen LogP contribution in [-0.2, 0) is 4.79 Å². The lowest BCUT2D eigenvalue weighted by atomic mass is 10.2. The largest absolute Gasteiger partial charge is 0.459 e. The molecule has 7 heteroatoms. The lowest BCUT2D eigenvalue weighted by Gasteiger charge is -2.33. The zero-order valence-corrected chi connectivity index (χ0v) is 14.7. The van der Waals surface area contributed by atoms with Crippen molar-refractivity contribution < 1.29 is 14.0 Å².